The van der Waals surface area contributed by atoms with Gasteiger partial charge in [0.15, 0.2) is 0 Å². The van der Waals surface area contributed by atoms with Crippen LogP contribution in [0.1, 0.15) is 27.6 Å². The highest BCUT2D eigenvalue weighted by molar-refractivity contribution is 6.21. The van der Waals surface area contributed by atoms with Gasteiger partial charge in [-0.15, -0.1) is 0 Å². The van der Waals surface area contributed by atoms with E-state index in [1.54, 1.807) is 12.1 Å². The standard InChI is InChI=1S/C16H15F3N2O2/c1-4-7-13(16(17,18)19)20(3)10(2)21-14(22)11-8-5-6-9-12(11)15(21)23/h4-10H,1H2,2-3H3/b13-7-. The second-order valence-electron chi connectivity index (χ2n) is 5.05. The van der Waals surface area contributed by atoms with Gasteiger partial charge in [0.25, 0.3) is 11.8 Å². The number of hydrogen-bond acceptors (Lipinski definition) is 3. The first-order chi connectivity index (χ1) is 10.7. The van der Waals surface area contributed by atoms with Crippen molar-refractivity contribution in [1.82, 2.24) is 9.80 Å². The van der Waals surface area contributed by atoms with Crippen molar-refractivity contribution in [3.8, 4) is 0 Å². The van der Waals surface area contributed by atoms with Gasteiger partial charge >= 0.3 is 6.18 Å². The zero-order valence-corrected chi connectivity index (χ0v) is 12.6. The van der Waals surface area contributed by atoms with Crippen molar-refractivity contribution in [1.29, 1.82) is 0 Å². The topological polar surface area (TPSA) is 40.6 Å². The van der Waals surface area contributed by atoms with Crippen LogP contribution in [-0.2, 0) is 0 Å². The zero-order chi connectivity index (χ0) is 17.4. The van der Waals surface area contributed by atoms with Crippen LogP contribution in [0.3, 0.4) is 0 Å². The lowest BCUT2D eigenvalue weighted by Crippen LogP contribution is -2.49. The summed E-state index contributed by atoms with van der Waals surface area (Å²) in [7, 11) is 1.18. The molecule has 7 heteroatoms. The Bertz CT molecular complexity index is 660. The van der Waals surface area contributed by atoms with E-state index in [1.165, 1.54) is 26.1 Å². The molecule has 0 aliphatic carbocycles. The second-order valence-corrected chi connectivity index (χ2v) is 5.05. The van der Waals surface area contributed by atoms with Crippen molar-refractivity contribution >= 4 is 11.8 Å². The molecule has 1 unspecified atom stereocenters. The van der Waals surface area contributed by atoms with Crippen LogP contribution >= 0.6 is 0 Å². The first-order valence-corrected chi connectivity index (χ1v) is 6.79. The summed E-state index contributed by atoms with van der Waals surface area (Å²) in [6.07, 6.45) is -3.92. The van der Waals surface area contributed by atoms with Gasteiger partial charge in [0, 0.05) is 7.05 Å². The van der Waals surface area contributed by atoms with Crippen molar-refractivity contribution in [3.05, 3.63) is 59.8 Å². The number of halogens is 3. The molecule has 2 rings (SSSR count). The van der Waals surface area contributed by atoms with E-state index < -0.39 is 29.9 Å². The first kappa shape index (κ1) is 16.8. The molecular weight excluding hydrogens is 309 g/mol. The van der Waals surface area contributed by atoms with E-state index >= 15 is 0 Å². The zero-order valence-electron chi connectivity index (χ0n) is 12.6. The number of rotatable bonds is 4. The fourth-order valence-corrected chi connectivity index (χ4v) is 2.45. The minimum atomic E-state index is -4.63. The fraction of sp³-hybridized carbons (Fsp3) is 0.250. The number of fused-ring (bicyclic) bond motifs is 1. The van der Waals surface area contributed by atoms with E-state index in [-0.39, 0.29) is 11.1 Å². The van der Waals surface area contributed by atoms with Crippen LogP contribution in [0.25, 0.3) is 0 Å². The van der Waals surface area contributed by atoms with Crippen LogP contribution in [0, 0.1) is 0 Å². The van der Waals surface area contributed by atoms with Gasteiger partial charge in [-0.2, -0.15) is 13.2 Å². The summed E-state index contributed by atoms with van der Waals surface area (Å²) in [6, 6.07) is 6.15. The van der Waals surface area contributed by atoms with E-state index in [4.69, 9.17) is 0 Å². The third-order valence-electron chi connectivity index (χ3n) is 3.71. The molecule has 0 aromatic heterocycles. The molecule has 1 aliphatic rings. The maximum absolute atomic E-state index is 13.1. The molecule has 1 aromatic carbocycles. The predicted octanol–water partition coefficient (Wildman–Crippen LogP) is 3.19. The van der Waals surface area contributed by atoms with Crippen LogP contribution in [0.4, 0.5) is 13.2 Å². The average molecular weight is 324 g/mol. The highest BCUT2D eigenvalue weighted by Crippen LogP contribution is 2.32. The van der Waals surface area contributed by atoms with Gasteiger partial charge in [-0.05, 0) is 25.1 Å². The number of carbonyl (C=O) groups is 2. The molecule has 0 saturated carbocycles. The Morgan fingerprint density at radius 2 is 1.70 bits per heavy atom. The number of alkyl halides is 3. The molecule has 4 nitrogen and oxygen atoms in total. The Morgan fingerprint density at radius 3 is 2.09 bits per heavy atom. The molecule has 1 aliphatic heterocycles. The van der Waals surface area contributed by atoms with Crippen LogP contribution in [0.2, 0.25) is 0 Å². The average Bonchev–Trinajstić information content (AvgIpc) is 2.74. The largest absolute Gasteiger partial charge is 0.431 e. The van der Waals surface area contributed by atoms with Crippen molar-refractivity contribution in [3.63, 3.8) is 0 Å². The molecule has 0 bridgehead atoms. The summed E-state index contributed by atoms with van der Waals surface area (Å²) < 4.78 is 39.3. The summed E-state index contributed by atoms with van der Waals surface area (Å²) in [6.45, 7) is 4.63. The van der Waals surface area contributed by atoms with Crippen molar-refractivity contribution in [2.45, 2.75) is 19.3 Å². The molecule has 0 spiro atoms. The number of allylic oxidation sites excluding steroid dienone is 3. The Balaban J connectivity index is 2.36. The highest BCUT2D eigenvalue weighted by Gasteiger charge is 2.43. The summed E-state index contributed by atoms with van der Waals surface area (Å²) >= 11 is 0. The second kappa shape index (κ2) is 5.91. The van der Waals surface area contributed by atoms with E-state index in [0.29, 0.717) is 0 Å². The Morgan fingerprint density at radius 1 is 1.22 bits per heavy atom. The molecule has 122 valence electrons. The fourth-order valence-electron chi connectivity index (χ4n) is 2.45. The van der Waals surface area contributed by atoms with Crippen LogP contribution < -0.4 is 0 Å². The SMILES string of the molecule is C=C/C=C(\N(C)C(C)N1C(=O)c2ccccc2C1=O)C(F)(F)F. The van der Waals surface area contributed by atoms with E-state index in [9.17, 15) is 22.8 Å². The number of benzene rings is 1. The third kappa shape index (κ3) is 2.86. The van der Waals surface area contributed by atoms with Gasteiger partial charge in [0.05, 0.1) is 11.1 Å². The normalized spacial score (nSPS) is 16.4. The van der Waals surface area contributed by atoms with Gasteiger partial charge in [-0.25, -0.2) is 0 Å². The molecule has 23 heavy (non-hydrogen) atoms. The predicted molar refractivity (Wildman–Crippen MR) is 78.5 cm³/mol. The lowest BCUT2D eigenvalue weighted by molar-refractivity contribution is -0.115. The van der Waals surface area contributed by atoms with Crippen LogP contribution in [0.15, 0.2) is 48.7 Å². The molecule has 0 saturated heterocycles. The minimum Gasteiger partial charge on any atom is -0.350 e. The van der Waals surface area contributed by atoms with Crippen LogP contribution in [0.5, 0.6) is 0 Å². The summed E-state index contributed by atoms with van der Waals surface area (Å²) in [5.74, 6) is -1.21. The molecule has 2 amide bonds. The molecule has 1 aromatic rings. The number of amides is 2. The van der Waals surface area contributed by atoms with Gasteiger partial charge in [0.2, 0.25) is 0 Å². The Labute approximate surface area is 131 Å². The number of carbonyl (C=O) groups excluding carboxylic acids is 2. The van der Waals surface area contributed by atoms with Gasteiger partial charge in [0.1, 0.15) is 11.9 Å². The monoisotopic (exact) mass is 324 g/mol. The number of hydrogen-bond donors (Lipinski definition) is 0. The quantitative estimate of drug-likeness (QED) is 0.631. The number of nitrogens with zero attached hydrogens (tertiary/aromatic N) is 2. The van der Waals surface area contributed by atoms with Crippen LogP contribution in [-0.4, -0.2) is 41.0 Å². The van der Waals surface area contributed by atoms with E-state index in [0.717, 1.165) is 22.0 Å². The van der Waals surface area contributed by atoms with Gasteiger partial charge < -0.3 is 4.90 Å². The summed E-state index contributed by atoms with van der Waals surface area (Å²) in [4.78, 5) is 26.3. The van der Waals surface area contributed by atoms with E-state index in [2.05, 4.69) is 6.58 Å². The van der Waals surface area contributed by atoms with Gasteiger partial charge in [-0.1, -0.05) is 24.8 Å². The van der Waals surface area contributed by atoms with Crippen molar-refractivity contribution in [2.75, 3.05) is 7.05 Å². The summed E-state index contributed by atoms with van der Waals surface area (Å²) in [5.41, 5.74) is -0.602. The molecule has 0 fully saturated rings. The molecule has 1 heterocycles. The molecule has 1 atom stereocenters. The van der Waals surface area contributed by atoms with Gasteiger partial charge in [-0.3, -0.25) is 14.5 Å². The molecule has 0 N–H and O–H groups in total. The smallest absolute Gasteiger partial charge is 0.350 e. The Kier molecular flexibility index (Phi) is 4.31. The maximum Gasteiger partial charge on any atom is 0.431 e. The summed E-state index contributed by atoms with van der Waals surface area (Å²) in [5, 5.41) is 0. The lowest BCUT2D eigenvalue weighted by Gasteiger charge is -2.34. The molecule has 0 radical (unpaired) electrons. The van der Waals surface area contributed by atoms with E-state index in [1.807, 2.05) is 0 Å². The Hall–Kier alpha value is -2.57. The van der Waals surface area contributed by atoms with Crippen molar-refractivity contribution in [2.24, 2.45) is 0 Å². The highest BCUT2D eigenvalue weighted by atomic mass is 19.4. The first-order valence-electron chi connectivity index (χ1n) is 6.79. The maximum atomic E-state index is 13.1. The van der Waals surface area contributed by atoms with Crippen molar-refractivity contribution < 1.29 is 22.8 Å². The third-order valence-corrected chi connectivity index (χ3v) is 3.71. The minimum absolute atomic E-state index is 0.194. The molecular formula is C16H15F3N2O2. The lowest BCUT2D eigenvalue weighted by atomic mass is 10.1. The number of imide groups is 1.